The van der Waals surface area contributed by atoms with Crippen molar-refractivity contribution >= 4 is 34.3 Å². The van der Waals surface area contributed by atoms with Crippen LogP contribution < -0.4 is 10.1 Å². The van der Waals surface area contributed by atoms with Crippen LogP contribution in [0.1, 0.15) is 45.0 Å². The van der Waals surface area contributed by atoms with Crippen molar-refractivity contribution < 1.29 is 28.6 Å². The van der Waals surface area contributed by atoms with Crippen LogP contribution in [0, 0.1) is 0 Å². The van der Waals surface area contributed by atoms with Gasteiger partial charge in [-0.3, -0.25) is 4.79 Å². The highest BCUT2D eigenvalue weighted by Gasteiger charge is 2.31. The summed E-state index contributed by atoms with van der Waals surface area (Å²) in [4.78, 5) is 39.4. The number of hydrogen-bond donors (Lipinski definition) is 1. The minimum atomic E-state index is -0.519. The van der Waals surface area contributed by atoms with Gasteiger partial charge >= 0.3 is 12.1 Å². The van der Waals surface area contributed by atoms with E-state index in [1.807, 2.05) is 13.8 Å². The third-order valence-corrected chi connectivity index (χ3v) is 5.73. The molecular formula is C21H24N2O6S. The van der Waals surface area contributed by atoms with Crippen LogP contribution in [0.4, 0.5) is 9.80 Å². The van der Waals surface area contributed by atoms with Gasteiger partial charge < -0.3 is 24.4 Å². The van der Waals surface area contributed by atoms with Gasteiger partial charge in [-0.2, -0.15) is 0 Å². The molecule has 0 saturated carbocycles. The highest BCUT2D eigenvalue weighted by atomic mass is 32.1. The zero-order chi connectivity index (χ0) is 21.8. The molecule has 160 valence electrons. The van der Waals surface area contributed by atoms with Crippen molar-refractivity contribution in [1.29, 1.82) is 0 Å². The van der Waals surface area contributed by atoms with Crippen LogP contribution in [0.15, 0.2) is 24.3 Å². The third-order valence-electron chi connectivity index (χ3n) is 4.59. The number of anilines is 1. The Bertz CT molecular complexity index is 951. The van der Waals surface area contributed by atoms with Crippen LogP contribution >= 0.6 is 11.3 Å². The fraction of sp³-hybridized carbons (Fsp3) is 0.381. The summed E-state index contributed by atoms with van der Waals surface area (Å²) in [5.74, 6) is -0.194. The molecule has 1 aliphatic rings. The Kier molecular flexibility index (Phi) is 6.61. The quantitative estimate of drug-likeness (QED) is 0.724. The number of rotatable bonds is 5. The number of benzene rings is 1. The number of amides is 2. The number of fused-ring (bicyclic) bond motifs is 1. The Balaban J connectivity index is 1.85. The van der Waals surface area contributed by atoms with Gasteiger partial charge in [-0.25, -0.2) is 9.59 Å². The summed E-state index contributed by atoms with van der Waals surface area (Å²) < 4.78 is 15.3. The maximum absolute atomic E-state index is 12.8. The minimum absolute atomic E-state index is 0.0364. The first-order valence-corrected chi connectivity index (χ1v) is 10.3. The normalized spacial score (nSPS) is 12.9. The van der Waals surface area contributed by atoms with Gasteiger partial charge in [-0.1, -0.05) is 0 Å². The summed E-state index contributed by atoms with van der Waals surface area (Å²) in [5.41, 5.74) is 1.57. The van der Waals surface area contributed by atoms with Gasteiger partial charge in [0, 0.05) is 17.0 Å². The number of nitrogens with one attached hydrogen (secondary N) is 1. The molecule has 1 aromatic heterocycles. The summed E-state index contributed by atoms with van der Waals surface area (Å²) in [6, 6.07) is 6.78. The maximum Gasteiger partial charge on any atom is 0.409 e. The van der Waals surface area contributed by atoms with Crippen LogP contribution in [0.5, 0.6) is 5.75 Å². The van der Waals surface area contributed by atoms with Crippen molar-refractivity contribution in [2.45, 2.75) is 32.9 Å². The molecule has 1 aliphatic heterocycles. The van der Waals surface area contributed by atoms with Crippen LogP contribution in [0.25, 0.3) is 0 Å². The molecule has 0 atom stereocenters. The van der Waals surface area contributed by atoms with Crippen molar-refractivity contribution in [3.63, 3.8) is 0 Å². The number of hydrogen-bond acceptors (Lipinski definition) is 7. The zero-order valence-corrected chi connectivity index (χ0v) is 18.1. The number of methoxy groups -OCH3 is 2. The van der Waals surface area contributed by atoms with Gasteiger partial charge in [0.05, 0.1) is 32.4 Å². The first-order valence-electron chi connectivity index (χ1n) is 9.47. The molecule has 8 nitrogen and oxygen atoms in total. The lowest BCUT2D eigenvalue weighted by molar-refractivity contribution is 0.0600. The van der Waals surface area contributed by atoms with E-state index in [0.29, 0.717) is 41.4 Å². The Morgan fingerprint density at radius 3 is 2.40 bits per heavy atom. The van der Waals surface area contributed by atoms with Crippen molar-refractivity contribution in [1.82, 2.24) is 4.90 Å². The molecule has 1 N–H and O–H groups in total. The van der Waals surface area contributed by atoms with E-state index in [0.717, 1.165) is 10.4 Å². The summed E-state index contributed by atoms with van der Waals surface area (Å²) in [7, 11) is 2.63. The molecule has 0 saturated heterocycles. The molecule has 0 unspecified atom stereocenters. The van der Waals surface area contributed by atoms with Gasteiger partial charge in [-0.15, -0.1) is 11.3 Å². The Labute approximate surface area is 178 Å². The van der Waals surface area contributed by atoms with E-state index in [1.54, 1.807) is 29.2 Å². The molecule has 1 aromatic carbocycles. The predicted molar refractivity (Wildman–Crippen MR) is 112 cm³/mol. The lowest BCUT2D eigenvalue weighted by atomic mass is 10.0. The molecular weight excluding hydrogens is 408 g/mol. The predicted octanol–water partition coefficient (Wildman–Crippen LogP) is 3.70. The van der Waals surface area contributed by atoms with E-state index in [4.69, 9.17) is 14.2 Å². The van der Waals surface area contributed by atoms with Crippen molar-refractivity contribution in [3.8, 4) is 5.75 Å². The molecule has 2 amide bonds. The average Bonchev–Trinajstić information content (AvgIpc) is 3.09. The lowest BCUT2D eigenvalue weighted by Crippen LogP contribution is -2.35. The largest absolute Gasteiger partial charge is 0.491 e. The second kappa shape index (κ2) is 9.17. The molecule has 3 rings (SSSR count). The Hall–Kier alpha value is -3.07. The summed E-state index contributed by atoms with van der Waals surface area (Å²) >= 11 is 1.26. The molecule has 9 heteroatoms. The fourth-order valence-electron chi connectivity index (χ4n) is 3.23. The highest BCUT2D eigenvalue weighted by molar-refractivity contribution is 7.17. The van der Waals surface area contributed by atoms with E-state index in [2.05, 4.69) is 5.32 Å². The molecule has 0 spiro atoms. The van der Waals surface area contributed by atoms with Gasteiger partial charge in [0.1, 0.15) is 10.8 Å². The van der Waals surface area contributed by atoms with Crippen molar-refractivity contribution in [3.05, 3.63) is 45.8 Å². The van der Waals surface area contributed by atoms with Crippen LogP contribution in [0.2, 0.25) is 0 Å². The molecule has 2 heterocycles. The van der Waals surface area contributed by atoms with Crippen molar-refractivity contribution in [2.75, 3.05) is 26.1 Å². The van der Waals surface area contributed by atoms with Gasteiger partial charge in [0.15, 0.2) is 0 Å². The van der Waals surface area contributed by atoms with E-state index >= 15 is 0 Å². The number of esters is 1. The second-order valence-electron chi connectivity index (χ2n) is 6.99. The lowest BCUT2D eigenvalue weighted by Gasteiger charge is -2.25. The van der Waals surface area contributed by atoms with Gasteiger partial charge in [0.25, 0.3) is 5.91 Å². The molecule has 30 heavy (non-hydrogen) atoms. The fourth-order valence-corrected chi connectivity index (χ4v) is 4.47. The summed E-state index contributed by atoms with van der Waals surface area (Å²) in [6.07, 6.45) is 0.0832. The van der Waals surface area contributed by atoms with E-state index in [1.165, 1.54) is 25.6 Å². The van der Waals surface area contributed by atoms with E-state index in [-0.39, 0.29) is 12.0 Å². The number of thiophene rings is 1. The second-order valence-corrected chi connectivity index (χ2v) is 8.09. The minimum Gasteiger partial charge on any atom is -0.491 e. The summed E-state index contributed by atoms with van der Waals surface area (Å²) in [5, 5.41) is 3.23. The topological polar surface area (TPSA) is 94.2 Å². The zero-order valence-electron chi connectivity index (χ0n) is 17.3. The van der Waals surface area contributed by atoms with Crippen LogP contribution in [-0.2, 0) is 22.4 Å². The summed E-state index contributed by atoms with van der Waals surface area (Å²) in [6.45, 7) is 4.59. The van der Waals surface area contributed by atoms with Crippen LogP contribution in [-0.4, -0.2) is 49.7 Å². The maximum atomic E-state index is 12.8. The molecule has 0 fully saturated rings. The third kappa shape index (κ3) is 4.56. The molecule has 2 aromatic rings. The monoisotopic (exact) mass is 432 g/mol. The molecule has 0 radical (unpaired) electrons. The van der Waals surface area contributed by atoms with Gasteiger partial charge in [-0.05, 0) is 50.1 Å². The number of nitrogens with zero attached hydrogens (tertiary/aromatic N) is 1. The van der Waals surface area contributed by atoms with Crippen LogP contribution in [0.3, 0.4) is 0 Å². The first kappa shape index (κ1) is 21.6. The van der Waals surface area contributed by atoms with Crippen molar-refractivity contribution in [2.24, 2.45) is 0 Å². The van der Waals surface area contributed by atoms with E-state index < -0.39 is 12.1 Å². The molecule has 0 bridgehead atoms. The Morgan fingerprint density at radius 2 is 1.80 bits per heavy atom. The number of ether oxygens (including phenoxy) is 3. The standard InChI is InChI=1S/C21H24N2O6S/c1-12(2)29-14-7-5-13(6-8-14)18(24)22-19-17(20(25)27-3)15-9-10-23(21(26)28-4)11-16(15)30-19/h5-8,12H,9-11H2,1-4H3,(H,22,24). The van der Waals surface area contributed by atoms with Gasteiger partial charge in [0.2, 0.25) is 0 Å². The smallest absolute Gasteiger partial charge is 0.409 e. The first-order chi connectivity index (χ1) is 14.3. The average molecular weight is 432 g/mol. The molecule has 0 aliphatic carbocycles. The van der Waals surface area contributed by atoms with E-state index in [9.17, 15) is 14.4 Å². The Morgan fingerprint density at radius 1 is 1.10 bits per heavy atom. The number of carbonyl (C=O) groups excluding carboxylic acids is 3. The number of carbonyl (C=O) groups is 3. The highest BCUT2D eigenvalue weighted by Crippen LogP contribution is 2.38. The SMILES string of the molecule is COC(=O)c1c(NC(=O)c2ccc(OC(C)C)cc2)sc2c1CCN(C(=O)OC)C2.